The fourth-order valence-electron chi connectivity index (χ4n) is 2.81. The number of aromatic amines is 1. The van der Waals surface area contributed by atoms with Crippen LogP contribution in [0.15, 0.2) is 53.3 Å². The van der Waals surface area contributed by atoms with Crippen molar-refractivity contribution in [2.45, 2.75) is 13.1 Å². The van der Waals surface area contributed by atoms with E-state index in [0.29, 0.717) is 5.69 Å². The molecule has 3 rings (SSSR count). The summed E-state index contributed by atoms with van der Waals surface area (Å²) in [6.45, 7) is 1.55. The van der Waals surface area contributed by atoms with Gasteiger partial charge < -0.3 is 9.72 Å². The molecule has 1 aromatic heterocycles. The highest BCUT2D eigenvalue weighted by Crippen LogP contribution is 2.38. The van der Waals surface area contributed by atoms with Crippen molar-refractivity contribution in [3.8, 4) is 28.7 Å². The van der Waals surface area contributed by atoms with E-state index in [9.17, 15) is 33.3 Å². The fourth-order valence-corrected chi connectivity index (χ4v) is 2.81. The standard InChI is InChI=1S/C20H12F3N3O4/c1-11-7-15(17(10-24)19(27)25-11)16-9-13(26(28)29)5-6-18(16)30-14-4-2-3-12(8-14)20(21,22)23/h2-9H,1H3,(H,25,27). The maximum Gasteiger partial charge on any atom is 0.416 e. The van der Waals surface area contributed by atoms with Gasteiger partial charge >= 0.3 is 6.18 Å². The van der Waals surface area contributed by atoms with Crippen LogP contribution >= 0.6 is 0 Å². The molecule has 0 atom stereocenters. The van der Waals surface area contributed by atoms with Gasteiger partial charge in [-0.1, -0.05) is 6.07 Å². The van der Waals surface area contributed by atoms with Crippen LogP contribution in [0, 0.1) is 28.4 Å². The van der Waals surface area contributed by atoms with Gasteiger partial charge in [0.05, 0.1) is 10.5 Å². The minimum atomic E-state index is -4.59. The molecule has 0 amide bonds. The van der Waals surface area contributed by atoms with Crippen molar-refractivity contribution in [3.63, 3.8) is 0 Å². The van der Waals surface area contributed by atoms with E-state index in [0.717, 1.165) is 30.3 Å². The van der Waals surface area contributed by atoms with Crippen molar-refractivity contribution < 1.29 is 22.8 Å². The lowest BCUT2D eigenvalue weighted by molar-refractivity contribution is -0.384. The third-order valence-corrected chi connectivity index (χ3v) is 4.13. The maximum absolute atomic E-state index is 13.0. The lowest BCUT2D eigenvalue weighted by atomic mass is 9.99. The van der Waals surface area contributed by atoms with E-state index in [1.807, 2.05) is 0 Å². The molecule has 2 aromatic carbocycles. The monoisotopic (exact) mass is 415 g/mol. The number of hydrogen-bond donors (Lipinski definition) is 1. The molecular formula is C20H12F3N3O4. The quantitative estimate of drug-likeness (QED) is 0.479. The van der Waals surface area contributed by atoms with E-state index >= 15 is 0 Å². The number of hydrogen-bond acceptors (Lipinski definition) is 5. The maximum atomic E-state index is 13.0. The average molecular weight is 415 g/mol. The minimum Gasteiger partial charge on any atom is -0.457 e. The van der Waals surface area contributed by atoms with Gasteiger partial charge in [0.15, 0.2) is 0 Å². The molecule has 0 unspecified atom stereocenters. The molecule has 0 aliphatic rings. The number of nitrogens with zero attached hydrogens (tertiary/aromatic N) is 2. The molecule has 1 heterocycles. The minimum absolute atomic E-state index is 0.0207. The Hall–Kier alpha value is -4.13. The Balaban J connectivity index is 2.20. The van der Waals surface area contributed by atoms with Crippen LogP contribution in [0.4, 0.5) is 18.9 Å². The second-order valence-corrected chi connectivity index (χ2v) is 6.25. The molecule has 0 aliphatic carbocycles. The van der Waals surface area contributed by atoms with Crippen molar-refractivity contribution in [2.24, 2.45) is 0 Å². The van der Waals surface area contributed by atoms with Crippen LogP contribution in [-0.2, 0) is 6.18 Å². The first kappa shape index (κ1) is 20.6. The van der Waals surface area contributed by atoms with Gasteiger partial charge in [0.2, 0.25) is 0 Å². The first-order chi connectivity index (χ1) is 14.1. The number of H-pyrrole nitrogens is 1. The number of non-ortho nitro benzene ring substituents is 1. The average Bonchev–Trinajstić information content (AvgIpc) is 2.67. The van der Waals surface area contributed by atoms with Gasteiger partial charge in [-0.05, 0) is 37.3 Å². The molecule has 152 valence electrons. The molecule has 7 nitrogen and oxygen atoms in total. The summed E-state index contributed by atoms with van der Waals surface area (Å²) in [4.78, 5) is 25.1. The molecule has 0 saturated heterocycles. The molecular weight excluding hydrogens is 403 g/mol. The first-order valence-corrected chi connectivity index (χ1v) is 8.38. The molecule has 0 fully saturated rings. The van der Waals surface area contributed by atoms with Crippen molar-refractivity contribution in [2.75, 3.05) is 0 Å². The Bertz CT molecular complexity index is 1240. The summed E-state index contributed by atoms with van der Waals surface area (Å²) in [6, 6.07) is 10.7. The number of benzene rings is 2. The van der Waals surface area contributed by atoms with Crippen LogP contribution < -0.4 is 10.3 Å². The van der Waals surface area contributed by atoms with E-state index in [1.54, 1.807) is 13.0 Å². The van der Waals surface area contributed by atoms with E-state index in [-0.39, 0.29) is 33.9 Å². The van der Waals surface area contributed by atoms with Crippen molar-refractivity contribution >= 4 is 5.69 Å². The number of nitro groups is 1. The number of pyridine rings is 1. The first-order valence-electron chi connectivity index (χ1n) is 8.38. The van der Waals surface area contributed by atoms with Crippen LogP contribution in [0.25, 0.3) is 11.1 Å². The second kappa shape index (κ2) is 7.71. The molecule has 10 heteroatoms. The topological polar surface area (TPSA) is 109 Å². The van der Waals surface area contributed by atoms with Crippen LogP contribution in [-0.4, -0.2) is 9.91 Å². The van der Waals surface area contributed by atoms with E-state index in [2.05, 4.69) is 4.98 Å². The molecule has 0 spiro atoms. The van der Waals surface area contributed by atoms with Crippen LogP contribution in [0.5, 0.6) is 11.5 Å². The largest absolute Gasteiger partial charge is 0.457 e. The van der Waals surface area contributed by atoms with Gasteiger partial charge in [-0.15, -0.1) is 0 Å². The van der Waals surface area contributed by atoms with Gasteiger partial charge in [0.25, 0.3) is 11.2 Å². The van der Waals surface area contributed by atoms with Crippen molar-refractivity contribution in [1.82, 2.24) is 4.98 Å². The highest BCUT2D eigenvalue weighted by atomic mass is 19.4. The summed E-state index contributed by atoms with van der Waals surface area (Å²) >= 11 is 0. The van der Waals surface area contributed by atoms with Crippen molar-refractivity contribution in [1.29, 1.82) is 5.26 Å². The molecule has 0 aliphatic heterocycles. The molecule has 0 bridgehead atoms. The van der Waals surface area contributed by atoms with Crippen molar-refractivity contribution in [3.05, 3.63) is 85.8 Å². The third-order valence-electron chi connectivity index (χ3n) is 4.13. The predicted molar refractivity (Wildman–Crippen MR) is 100 cm³/mol. The fraction of sp³-hybridized carbons (Fsp3) is 0.100. The molecule has 30 heavy (non-hydrogen) atoms. The highest BCUT2D eigenvalue weighted by Gasteiger charge is 2.30. The Morgan fingerprint density at radius 3 is 2.50 bits per heavy atom. The summed E-state index contributed by atoms with van der Waals surface area (Å²) < 4.78 is 44.5. The number of aryl methyl sites for hydroxylation is 1. The highest BCUT2D eigenvalue weighted by molar-refractivity contribution is 5.77. The number of nitrogens with one attached hydrogen (secondary N) is 1. The Labute approximate surface area is 167 Å². The molecule has 0 saturated carbocycles. The van der Waals surface area contributed by atoms with Crippen LogP contribution in [0.3, 0.4) is 0 Å². The third kappa shape index (κ3) is 4.15. The SMILES string of the molecule is Cc1cc(-c2cc([N+](=O)[O-])ccc2Oc2cccc(C(F)(F)F)c2)c(C#N)c(=O)[nH]1. The Morgan fingerprint density at radius 2 is 1.87 bits per heavy atom. The molecule has 0 radical (unpaired) electrons. The van der Waals surface area contributed by atoms with Gasteiger partial charge in [-0.2, -0.15) is 18.4 Å². The van der Waals surface area contributed by atoms with Gasteiger partial charge in [-0.25, -0.2) is 0 Å². The van der Waals surface area contributed by atoms with Crippen LogP contribution in [0.1, 0.15) is 16.8 Å². The smallest absolute Gasteiger partial charge is 0.416 e. The van der Waals surface area contributed by atoms with Gasteiger partial charge in [0, 0.05) is 29.0 Å². The zero-order chi connectivity index (χ0) is 22.1. The lowest BCUT2D eigenvalue weighted by Crippen LogP contribution is -2.13. The number of halogens is 3. The number of alkyl halides is 3. The lowest BCUT2D eigenvalue weighted by Gasteiger charge is -2.14. The zero-order valence-electron chi connectivity index (χ0n) is 15.3. The summed E-state index contributed by atoms with van der Waals surface area (Å²) in [5.74, 6) is -0.221. The number of ether oxygens (including phenoxy) is 1. The summed E-state index contributed by atoms with van der Waals surface area (Å²) in [7, 11) is 0. The van der Waals surface area contributed by atoms with Crippen LogP contribution in [0.2, 0.25) is 0 Å². The van der Waals surface area contributed by atoms with E-state index in [1.165, 1.54) is 18.2 Å². The zero-order valence-corrected chi connectivity index (χ0v) is 15.3. The molecule has 3 aromatic rings. The Morgan fingerprint density at radius 1 is 1.13 bits per heavy atom. The number of rotatable bonds is 4. The number of nitriles is 1. The van der Waals surface area contributed by atoms with E-state index in [4.69, 9.17) is 4.74 Å². The summed E-state index contributed by atoms with van der Waals surface area (Å²) in [5, 5.41) is 20.6. The van der Waals surface area contributed by atoms with Gasteiger partial charge in [-0.3, -0.25) is 14.9 Å². The second-order valence-electron chi connectivity index (χ2n) is 6.25. The Kier molecular flexibility index (Phi) is 5.29. The van der Waals surface area contributed by atoms with Gasteiger partial charge in [0.1, 0.15) is 23.1 Å². The number of aromatic nitrogens is 1. The van der Waals surface area contributed by atoms with E-state index < -0.39 is 22.2 Å². The predicted octanol–water partition coefficient (Wildman–Crippen LogP) is 4.94. The normalized spacial score (nSPS) is 11.0. The summed E-state index contributed by atoms with van der Waals surface area (Å²) in [5.41, 5.74) is -1.84. The number of nitro benzene ring substituents is 1. The summed E-state index contributed by atoms with van der Waals surface area (Å²) in [6.07, 6.45) is -4.59. The molecule has 1 N–H and O–H groups in total.